The van der Waals surface area contributed by atoms with E-state index < -0.39 is 5.60 Å². The second kappa shape index (κ2) is 2.81. The molecule has 0 aromatic carbocycles. The Labute approximate surface area is 67.7 Å². The Balaban J connectivity index is 2.40. The normalized spacial score (nSPS) is 18.9. The van der Waals surface area contributed by atoms with Crippen molar-refractivity contribution in [2.45, 2.75) is 32.8 Å². The van der Waals surface area contributed by atoms with E-state index in [1.54, 1.807) is 13.8 Å². The molecule has 11 heavy (non-hydrogen) atoms. The van der Waals surface area contributed by atoms with Gasteiger partial charge in [-0.2, -0.15) is 5.10 Å². The van der Waals surface area contributed by atoms with Crippen LogP contribution in [-0.2, 0) is 0 Å². The smallest absolute Gasteiger partial charge is 0.0782 e. The highest BCUT2D eigenvalue weighted by atomic mass is 16.3. The summed E-state index contributed by atoms with van der Waals surface area (Å²) < 4.78 is 0. The van der Waals surface area contributed by atoms with Crippen LogP contribution in [0, 0.1) is 0 Å². The Morgan fingerprint density at radius 1 is 1.64 bits per heavy atom. The molecule has 1 N–H and O–H groups in total. The van der Waals surface area contributed by atoms with Crippen molar-refractivity contribution in [1.29, 1.82) is 0 Å². The van der Waals surface area contributed by atoms with Gasteiger partial charge >= 0.3 is 0 Å². The van der Waals surface area contributed by atoms with E-state index in [1.165, 1.54) is 0 Å². The summed E-state index contributed by atoms with van der Waals surface area (Å²) in [6, 6.07) is 0. The third-order valence-corrected chi connectivity index (χ3v) is 1.61. The van der Waals surface area contributed by atoms with Crippen LogP contribution in [0.1, 0.15) is 27.2 Å². The minimum atomic E-state index is -0.631. The van der Waals surface area contributed by atoms with Gasteiger partial charge in [0.15, 0.2) is 0 Å². The van der Waals surface area contributed by atoms with Crippen LogP contribution in [0.2, 0.25) is 0 Å². The Morgan fingerprint density at radius 3 is 2.64 bits per heavy atom. The van der Waals surface area contributed by atoms with Gasteiger partial charge in [0.05, 0.1) is 12.1 Å². The summed E-state index contributed by atoms with van der Waals surface area (Å²) in [7, 11) is 0. The lowest BCUT2D eigenvalue weighted by Crippen LogP contribution is -2.34. The topological polar surface area (TPSA) is 35.8 Å². The number of hydrogen-bond acceptors (Lipinski definition) is 3. The van der Waals surface area contributed by atoms with Gasteiger partial charge in [0.1, 0.15) is 0 Å². The van der Waals surface area contributed by atoms with Crippen molar-refractivity contribution in [1.82, 2.24) is 5.01 Å². The first kappa shape index (κ1) is 8.53. The Kier molecular flexibility index (Phi) is 2.18. The fourth-order valence-electron chi connectivity index (χ4n) is 1.19. The summed E-state index contributed by atoms with van der Waals surface area (Å²) in [6.07, 6.45) is 1.04. The van der Waals surface area contributed by atoms with Crippen molar-refractivity contribution < 1.29 is 5.11 Å². The molecule has 0 amide bonds. The highest BCUT2D eigenvalue weighted by Gasteiger charge is 2.19. The monoisotopic (exact) mass is 156 g/mol. The number of rotatable bonds is 2. The largest absolute Gasteiger partial charge is 0.389 e. The van der Waals surface area contributed by atoms with Crippen molar-refractivity contribution in [3.63, 3.8) is 0 Å². The molecule has 0 saturated carbocycles. The molecule has 3 nitrogen and oxygen atoms in total. The van der Waals surface area contributed by atoms with Gasteiger partial charge in [0, 0.05) is 18.7 Å². The molecule has 64 valence electrons. The molecule has 1 aliphatic rings. The molecular formula is C8H16N2O. The minimum Gasteiger partial charge on any atom is -0.389 e. The molecule has 0 radical (unpaired) electrons. The van der Waals surface area contributed by atoms with Crippen LogP contribution >= 0.6 is 0 Å². The van der Waals surface area contributed by atoms with E-state index in [4.69, 9.17) is 0 Å². The number of hydrazone groups is 1. The maximum Gasteiger partial charge on any atom is 0.0782 e. The van der Waals surface area contributed by atoms with E-state index in [2.05, 4.69) is 5.10 Å². The molecule has 0 saturated heterocycles. The predicted octanol–water partition coefficient (Wildman–Crippen LogP) is 0.839. The van der Waals surface area contributed by atoms with Gasteiger partial charge in [-0.3, -0.25) is 5.01 Å². The van der Waals surface area contributed by atoms with Gasteiger partial charge in [0.2, 0.25) is 0 Å². The Bertz CT molecular complexity index is 169. The van der Waals surface area contributed by atoms with E-state index in [9.17, 15) is 5.11 Å². The third-order valence-electron chi connectivity index (χ3n) is 1.61. The molecule has 0 bridgehead atoms. The lowest BCUT2D eigenvalue weighted by Gasteiger charge is -2.23. The molecule has 0 spiro atoms. The van der Waals surface area contributed by atoms with E-state index in [-0.39, 0.29) is 0 Å². The number of hydrogen-bond donors (Lipinski definition) is 1. The summed E-state index contributed by atoms with van der Waals surface area (Å²) in [5.74, 6) is 0. The molecule has 1 heterocycles. The maximum absolute atomic E-state index is 9.45. The van der Waals surface area contributed by atoms with Crippen molar-refractivity contribution in [2.24, 2.45) is 5.10 Å². The van der Waals surface area contributed by atoms with E-state index in [1.807, 2.05) is 11.9 Å². The number of aliphatic hydroxyl groups is 1. The highest BCUT2D eigenvalue weighted by molar-refractivity contribution is 5.82. The summed E-state index contributed by atoms with van der Waals surface area (Å²) in [5.41, 5.74) is 0.531. The summed E-state index contributed by atoms with van der Waals surface area (Å²) >= 11 is 0. The zero-order valence-electron chi connectivity index (χ0n) is 7.46. The second-order valence-corrected chi connectivity index (χ2v) is 3.79. The first-order valence-electron chi connectivity index (χ1n) is 3.99. The van der Waals surface area contributed by atoms with Crippen molar-refractivity contribution in [2.75, 3.05) is 13.1 Å². The fraction of sp³-hybridized carbons (Fsp3) is 0.875. The summed E-state index contributed by atoms with van der Waals surface area (Å²) in [5, 5.41) is 15.6. The van der Waals surface area contributed by atoms with Crippen molar-refractivity contribution in [3.8, 4) is 0 Å². The van der Waals surface area contributed by atoms with E-state index >= 15 is 0 Å². The quantitative estimate of drug-likeness (QED) is 0.643. The van der Waals surface area contributed by atoms with E-state index in [0.29, 0.717) is 6.54 Å². The SMILES string of the molecule is CC1=NN(CC(C)(C)O)CC1. The molecule has 0 unspecified atom stereocenters. The molecular weight excluding hydrogens is 140 g/mol. The molecule has 0 aromatic heterocycles. The lowest BCUT2D eigenvalue weighted by molar-refractivity contribution is 0.0408. The van der Waals surface area contributed by atoms with Crippen molar-refractivity contribution >= 4 is 5.71 Å². The van der Waals surface area contributed by atoms with Gasteiger partial charge < -0.3 is 5.11 Å². The van der Waals surface area contributed by atoms with Crippen LogP contribution in [0.4, 0.5) is 0 Å². The third kappa shape index (κ3) is 2.89. The molecule has 0 fully saturated rings. The average Bonchev–Trinajstić information content (AvgIpc) is 2.10. The Hall–Kier alpha value is -0.570. The summed E-state index contributed by atoms with van der Waals surface area (Å²) in [4.78, 5) is 0. The summed E-state index contributed by atoms with van der Waals surface area (Å²) in [6.45, 7) is 7.21. The number of β-amino-alcohol motifs (C(OH)–C–C–N with tert-alkyl or cyclic N) is 1. The van der Waals surface area contributed by atoms with E-state index in [0.717, 1.165) is 18.7 Å². The highest BCUT2D eigenvalue weighted by Crippen LogP contribution is 2.10. The van der Waals surface area contributed by atoms with Gasteiger partial charge in [-0.1, -0.05) is 0 Å². The molecule has 1 rings (SSSR count). The van der Waals surface area contributed by atoms with Gasteiger partial charge in [-0.15, -0.1) is 0 Å². The standard InChI is InChI=1S/C8H16N2O/c1-7-4-5-10(9-7)6-8(2,3)11/h11H,4-6H2,1-3H3. The van der Waals surface area contributed by atoms with Crippen LogP contribution < -0.4 is 0 Å². The molecule has 0 aliphatic carbocycles. The van der Waals surface area contributed by atoms with Crippen molar-refractivity contribution in [3.05, 3.63) is 0 Å². The Morgan fingerprint density at radius 2 is 2.27 bits per heavy atom. The molecule has 0 atom stereocenters. The fourth-order valence-corrected chi connectivity index (χ4v) is 1.19. The molecule has 1 aliphatic heterocycles. The first-order chi connectivity index (χ1) is 4.97. The van der Waals surface area contributed by atoms with Gasteiger partial charge in [-0.25, -0.2) is 0 Å². The van der Waals surface area contributed by atoms with Crippen LogP contribution in [0.15, 0.2) is 5.10 Å². The van der Waals surface area contributed by atoms with Crippen LogP contribution in [0.25, 0.3) is 0 Å². The zero-order valence-corrected chi connectivity index (χ0v) is 7.46. The van der Waals surface area contributed by atoms with Crippen LogP contribution in [-0.4, -0.2) is 34.5 Å². The average molecular weight is 156 g/mol. The predicted molar refractivity (Wildman–Crippen MR) is 45.6 cm³/mol. The van der Waals surface area contributed by atoms with Gasteiger partial charge in [0.25, 0.3) is 0 Å². The van der Waals surface area contributed by atoms with Gasteiger partial charge in [-0.05, 0) is 20.8 Å². The first-order valence-corrected chi connectivity index (χ1v) is 3.99. The van der Waals surface area contributed by atoms with Crippen LogP contribution in [0.3, 0.4) is 0 Å². The lowest BCUT2D eigenvalue weighted by atomic mass is 10.1. The maximum atomic E-state index is 9.45. The zero-order chi connectivity index (χ0) is 8.48. The van der Waals surface area contributed by atoms with Crippen LogP contribution in [0.5, 0.6) is 0 Å². The minimum absolute atomic E-state index is 0.629. The molecule has 3 heteroatoms. The second-order valence-electron chi connectivity index (χ2n) is 3.79. The number of nitrogens with zero attached hydrogens (tertiary/aromatic N) is 2. The molecule has 0 aromatic rings.